The zero-order valence-corrected chi connectivity index (χ0v) is 10.9. The predicted octanol–water partition coefficient (Wildman–Crippen LogP) is 3.98. The highest BCUT2D eigenvalue weighted by Gasteiger charge is 2.14. The summed E-state index contributed by atoms with van der Waals surface area (Å²) in [6, 6.07) is 6.20. The van der Waals surface area contributed by atoms with E-state index in [0.29, 0.717) is 13.2 Å². The first-order valence-electron chi connectivity index (χ1n) is 5.70. The maximum atomic E-state index is 8.15. The van der Waals surface area contributed by atoms with Crippen molar-refractivity contribution < 1.29 is 4.74 Å². The summed E-state index contributed by atoms with van der Waals surface area (Å²) < 4.78 is 5.54. The molecule has 0 bridgehead atoms. The Hall–Kier alpha value is -1.67. The second-order valence-corrected chi connectivity index (χ2v) is 5.03. The molecule has 1 rings (SSSR count). The molecule has 0 N–H and O–H groups in total. The van der Waals surface area contributed by atoms with Crippen molar-refractivity contribution in [1.29, 1.82) is 0 Å². The third-order valence-electron chi connectivity index (χ3n) is 2.55. The minimum Gasteiger partial charge on any atom is -0.493 e. The Balaban J connectivity index is 2.73. The Bertz CT molecular complexity index is 429. The molecule has 92 valence electrons. The van der Waals surface area contributed by atoms with E-state index in [2.05, 4.69) is 42.9 Å². The first kappa shape index (κ1) is 13.4. The van der Waals surface area contributed by atoms with E-state index in [1.54, 1.807) is 0 Å². The number of azide groups is 1. The van der Waals surface area contributed by atoms with Gasteiger partial charge in [-0.05, 0) is 35.1 Å². The van der Waals surface area contributed by atoms with Crippen LogP contribution >= 0.6 is 0 Å². The fourth-order valence-corrected chi connectivity index (χ4v) is 1.52. The van der Waals surface area contributed by atoms with Gasteiger partial charge >= 0.3 is 0 Å². The molecule has 0 saturated carbocycles. The summed E-state index contributed by atoms with van der Waals surface area (Å²) in [7, 11) is 0. The summed E-state index contributed by atoms with van der Waals surface area (Å²) in [4.78, 5) is 2.68. The second-order valence-electron chi connectivity index (χ2n) is 5.03. The molecule has 0 amide bonds. The molecule has 0 atom stereocenters. The van der Waals surface area contributed by atoms with Crippen molar-refractivity contribution in [2.24, 2.45) is 5.11 Å². The van der Waals surface area contributed by atoms with Gasteiger partial charge in [-0.1, -0.05) is 38.0 Å². The quantitative estimate of drug-likeness (QED) is 0.336. The van der Waals surface area contributed by atoms with Crippen LogP contribution in [0.1, 0.15) is 31.9 Å². The first-order valence-corrected chi connectivity index (χ1v) is 5.70. The van der Waals surface area contributed by atoms with E-state index in [4.69, 9.17) is 10.3 Å². The lowest BCUT2D eigenvalue weighted by Crippen LogP contribution is -2.11. The second kappa shape index (κ2) is 5.60. The Kier molecular flexibility index (Phi) is 4.41. The molecule has 0 saturated heterocycles. The van der Waals surface area contributed by atoms with Gasteiger partial charge in [0.2, 0.25) is 0 Å². The average Bonchev–Trinajstić information content (AvgIpc) is 2.24. The lowest BCUT2D eigenvalue weighted by atomic mass is 9.86. The summed E-state index contributed by atoms with van der Waals surface area (Å²) in [5, 5.41) is 3.43. The summed E-state index contributed by atoms with van der Waals surface area (Å²) in [5.74, 6) is 0.853. The molecule has 1 aromatic rings. The number of rotatable bonds is 4. The molecule has 0 heterocycles. The molecule has 0 aliphatic heterocycles. The fourth-order valence-electron chi connectivity index (χ4n) is 1.52. The van der Waals surface area contributed by atoms with E-state index in [9.17, 15) is 0 Å². The zero-order chi connectivity index (χ0) is 12.9. The van der Waals surface area contributed by atoms with E-state index in [-0.39, 0.29) is 5.41 Å². The Morgan fingerprint density at radius 1 is 1.35 bits per heavy atom. The lowest BCUT2D eigenvalue weighted by molar-refractivity contribution is 0.325. The number of nitrogens with zero attached hydrogens (tertiary/aromatic N) is 3. The SMILES string of the molecule is Cc1cc(C(C)(C)C)ccc1OCCN=[N+]=[N-]. The van der Waals surface area contributed by atoms with Crippen molar-refractivity contribution in [3.63, 3.8) is 0 Å². The summed E-state index contributed by atoms with van der Waals surface area (Å²) in [6.45, 7) is 9.35. The highest BCUT2D eigenvalue weighted by atomic mass is 16.5. The van der Waals surface area contributed by atoms with E-state index in [1.807, 2.05) is 13.0 Å². The van der Waals surface area contributed by atoms with Gasteiger partial charge in [0, 0.05) is 4.91 Å². The molecule has 0 aliphatic carbocycles. The third kappa shape index (κ3) is 4.00. The van der Waals surface area contributed by atoms with Gasteiger partial charge in [-0.3, -0.25) is 0 Å². The van der Waals surface area contributed by atoms with E-state index >= 15 is 0 Å². The Labute approximate surface area is 102 Å². The molecular formula is C13H19N3O. The molecule has 0 radical (unpaired) electrons. The smallest absolute Gasteiger partial charge is 0.122 e. The molecule has 17 heavy (non-hydrogen) atoms. The van der Waals surface area contributed by atoms with Crippen LogP contribution in [0.3, 0.4) is 0 Å². The Morgan fingerprint density at radius 3 is 2.59 bits per heavy atom. The molecule has 0 aliphatic rings. The van der Waals surface area contributed by atoms with Gasteiger partial charge < -0.3 is 4.74 Å². The van der Waals surface area contributed by atoms with Crippen LogP contribution in [0.25, 0.3) is 10.4 Å². The maximum absolute atomic E-state index is 8.15. The van der Waals surface area contributed by atoms with Crippen molar-refractivity contribution in [2.45, 2.75) is 33.1 Å². The molecule has 0 aromatic heterocycles. The van der Waals surface area contributed by atoms with Crippen LogP contribution in [-0.4, -0.2) is 13.2 Å². The first-order chi connectivity index (χ1) is 7.95. The van der Waals surface area contributed by atoms with Gasteiger partial charge in [0.15, 0.2) is 0 Å². The standard InChI is InChI=1S/C13H19N3O/c1-10-9-11(13(2,3)4)5-6-12(10)17-8-7-15-16-14/h5-6,9H,7-8H2,1-4H3. The third-order valence-corrected chi connectivity index (χ3v) is 2.55. The minimum absolute atomic E-state index is 0.147. The number of hydrogen-bond acceptors (Lipinski definition) is 2. The Morgan fingerprint density at radius 2 is 2.06 bits per heavy atom. The van der Waals surface area contributed by atoms with Crippen molar-refractivity contribution in [3.8, 4) is 5.75 Å². The molecule has 0 unspecified atom stereocenters. The highest BCUT2D eigenvalue weighted by Crippen LogP contribution is 2.27. The van der Waals surface area contributed by atoms with Gasteiger partial charge in [0.25, 0.3) is 0 Å². The molecule has 1 aromatic carbocycles. The number of benzene rings is 1. The van der Waals surface area contributed by atoms with Gasteiger partial charge in [0.05, 0.1) is 13.2 Å². The normalized spacial score (nSPS) is 10.8. The predicted molar refractivity (Wildman–Crippen MR) is 69.4 cm³/mol. The lowest BCUT2D eigenvalue weighted by Gasteiger charge is -2.20. The van der Waals surface area contributed by atoms with Crippen molar-refractivity contribution in [2.75, 3.05) is 13.2 Å². The van der Waals surface area contributed by atoms with Crippen LogP contribution in [0.5, 0.6) is 5.75 Å². The topological polar surface area (TPSA) is 58.0 Å². The van der Waals surface area contributed by atoms with Gasteiger partial charge in [-0.15, -0.1) is 0 Å². The van der Waals surface area contributed by atoms with Crippen LogP contribution in [0.2, 0.25) is 0 Å². The molecule has 4 nitrogen and oxygen atoms in total. The molecule has 0 fully saturated rings. The van der Waals surface area contributed by atoms with Crippen LogP contribution in [-0.2, 0) is 5.41 Å². The largest absolute Gasteiger partial charge is 0.493 e. The van der Waals surface area contributed by atoms with Crippen molar-refractivity contribution in [3.05, 3.63) is 39.8 Å². The fraction of sp³-hybridized carbons (Fsp3) is 0.538. The van der Waals surface area contributed by atoms with Crippen LogP contribution in [0.15, 0.2) is 23.3 Å². The summed E-state index contributed by atoms with van der Waals surface area (Å²) >= 11 is 0. The van der Waals surface area contributed by atoms with E-state index in [0.717, 1.165) is 11.3 Å². The average molecular weight is 233 g/mol. The summed E-state index contributed by atoms with van der Waals surface area (Å²) in [5.41, 5.74) is 10.7. The number of aryl methyl sites for hydroxylation is 1. The molecule has 0 spiro atoms. The van der Waals surface area contributed by atoms with Gasteiger partial charge in [-0.25, -0.2) is 0 Å². The maximum Gasteiger partial charge on any atom is 0.122 e. The van der Waals surface area contributed by atoms with Crippen LogP contribution < -0.4 is 4.74 Å². The number of ether oxygens (including phenoxy) is 1. The molecule has 4 heteroatoms. The van der Waals surface area contributed by atoms with E-state index < -0.39 is 0 Å². The van der Waals surface area contributed by atoms with Gasteiger partial charge in [0.1, 0.15) is 5.75 Å². The van der Waals surface area contributed by atoms with Crippen LogP contribution in [0, 0.1) is 6.92 Å². The van der Waals surface area contributed by atoms with Crippen molar-refractivity contribution >= 4 is 0 Å². The molecular weight excluding hydrogens is 214 g/mol. The van der Waals surface area contributed by atoms with Gasteiger partial charge in [-0.2, -0.15) is 0 Å². The zero-order valence-electron chi connectivity index (χ0n) is 10.9. The highest BCUT2D eigenvalue weighted by molar-refractivity contribution is 5.38. The minimum atomic E-state index is 0.147. The van der Waals surface area contributed by atoms with Crippen molar-refractivity contribution in [1.82, 2.24) is 0 Å². The number of hydrogen-bond donors (Lipinski definition) is 0. The summed E-state index contributed by atoms with van der Waals surface area (Å²) in [6.07, 6.45) is 0. The van der Waals surface area contributed by atoms with Crippen LogP contribution in [0.4, 0.5) is 0 Å². The van der Waals surface area contributed by atoms with E-state index in [1.165, 1.54) is 5.56 Å². The monoisotopic (exact) mass is 233 g/mol.